The van der Waals surface area contributed by atoms with E-state index in [1.54, 1.807) is 11.3 Å². The molecule has 0 aliphatic carbocycles. The number of ether oxygens (including phenoxy) is 1. The number of nitrogens with zero attached hydrogens (tertiary/aromatic N) is 2. The summed E-state index contributed by atoms with van der Waals surface area (Å²) in [5.74, 6) is 1.76. The first-order chi connectivity index (χ1) is 12.6. The summed E-state index contributed by atoms with van der Waals surface area (Å²) in [6, 6.07) is 6.30. The summed E-state index contributed by atoms with van der Waals surface area (Å²) in [7, 11) is 0. The Labute approximate surface area is 184 Å². The van der Waals surface area contributed by atoms with E-state index in [0.717, 1.165) is 54.8 Å². The van der Waals surface area contributed by atoms with Gasteiger partial charge in [0.15, 0.2) is 5.96 Å². The first-order valence-corrected chi connectivity index (χ1v) is 10.1. The van der Waals surface area contributed by atoms with Crippen molar-refractivity contribution >= 4 is 41.3 Å². The maximum atomic E-state index is 5.88. The molecule has 2 rings (SSSR count). The van der Waals surface area contributed by atoms with Gasteiger partial charge in [0.2, 0.25) is 0 Å². The Morgan fingerprint density at radius 2 is 2.04 bits per heavy atom. The number of hydrogen-bond acceptors (Lipinski definition) is 4. The van der Waals surface area contributed by atoms with E-state index in [0.29, 0.717) is 6.54 Å². The van der Waals surface area contributed by atoms with Crippen LogP contribution < -0.4 is 15.4 Å². The first-order valence-electron chi connectivity index (χ1n) is 9.28. The van der Waals surface area contributed by atoms with Gasteiger partial charge in [0.25, 0.3) is 0 Å². The smallest absolute Gasteiger partial charge is 0.191 e. The van der Waals surface area contributed by atoms with Crippen LogP contribution in [0.4, 0.5) is 0 Å². The third-order valence-corrected chi connectivity index (χ3v) is 4.71. The van der Waals surface area contributed by atoms with Crippen molar-refractivity contribution in [3.63, 3.8) is 0 Å². The number of halogens is 1. The van der Waals surface area contributed by atoms with Crippen LogP contribution in [0, 0.1) is 13.8 Å². The number of aromatic nitrogens is 1. The lowest BCUT2D eigenvalue weighted by Gasteiger charge is -2.13. The van der Waals surface area contributed by atoms with E-state index in [4.69, 9.17) is 9.73 Å². The number of aryl methyl sites for hydroxylation is 2. The highest BCUT2D eigenvalue weighted by atomic mass is 127. The second kappa shape index (κ2) is 12.9. The summed E-state index contributed by atoms with van der Waals surface area (Å²) in [5, 5.41) is 7.84. The molecule has 2 aromatic rings. The Hall–Kier alpha value is -1.35. The maximum Gasteiger partial charge on any atom is 0.191 e. The van der Waals surface area contributed by atoms with Gasteiger partial charge in [0.05, 0.1) is 18.2 Å². The topological polar surface area (TPSA) is 58.5 Å². The van der Waals surface area contributed by atoms with E-state index in [2.05, 4.69) is 61.5 Å². The Bertz CT molecular complexity index is 718. The van der Waals surface area contributed by atoms with E-state index in [9.17, 15) is 0 Å². The van der Waals surface area contributed by atoms with Crippen LogP contribution in [0.1, 0.15) is 41.3 Å². The quantitative estimate of drug-likeness (QED) is 0.302. The van der Waals surface area contributed by atoms with Gasteiger partial charge in [-0.15, -0.1) is 35.3 Å². The molecule has 0 saturated carbocycles. The molecule has 0 saturated heterocycles. The Morgan fingerprint density at radius 3 is 2.70 bits per heavy atom. The van der Waals surface area contributed by atoms with Crippen molar-refractivity contribution < 1.29 is 4.74 Å². The van der Waals surface area contributed by atoms with Gasteiger partial charge < -0.3 is 15.4 Å². The summed E-state index contributed by atoms with van der Waals surface area (Å²) in [4.78, 5) is 10.4. The van der Waals surface area contributed by atoms with Crippen LogP contribution in [-0.2, 0) is 13.0 Å². The molecule has 1 aromatic heterocycles. The van der Waals surface area contributed by atoms with Crippen LogP contribution in [0.15, 0.2) is 29.4 Å². The molecule has 0 unspecified atom stereocenters. The molecule has 0 amide bonds. The number of hydrogen-bond donors (Lipinski definition) is 2. The summed E-state index contributed by atoms with van der Waals surface area (Å²) >= 11 is 1.75. The molecule has 27 heavy (non-hydrogen) atoms. The van der Waals surface area contributed by atoms with Gasteiger partial charge >= 0.3 is 0 Å². The zero-order valence-electron chi connectivity index (χ0n) is 16.7. The molecule has 1 aromatic carbocycles. The van der Waals surface area contributed by atoms with Crippen LogP contribution in [0.25, 0.3) is 0 Å². The Morgan fingerprint density at radius 1 is 1.22 bits per heavy atom. The SMILES string of the molecule is CCCOc1cc(C)ccc1CN=C(NCC)NCCc1ncc(C)s1.I. The molecule has 0 aliphatic rings. The Kier molecular flexibility index (Phi) is 11.3. The number of nitrogens with one attached hydrogen (secondary N) is 2. The monoisotopic (exact) mass is 502 g/mol. The second-order valence-corrected chi connectivity index (χ2v) is 7.52. The summed E-state index contributed by atoms with van der Waals surface area (Å²) in [6.45, 7) is 11.3. The van der Waals surface area contributed by atoms with Crippen LogP contribution >= 0.6 is 35.3 Å². The minimum Gasteiger partial charge on any atom is -0.493 e. The summed E-state index contributed by atoms with van der Waals surface area (Å²) in [6.07, 6.45) is 3.82. The minimum absolute atomic E-state index is 0. The average Bonchev–Trinajstić information content (AvgIpc) is 3.04. The number of aliphatic imine (C=N–C) groups is 1. The van der Waals surface area contributed by atoms with Crippen molar-refractivity contribution in [2.24, 2.45) is 4.99 Å². The third-order valence-electron chi connectivity index (χ3n) is 3.74. The fraction of sp³-hybridized carbons (Fsp3) is 0.500. The predicted molar refractivity (Wildman–Crippen MR) is 126 cm³/mol. The van der Waals surface area contributed by atoms with Gasteiger partial charge in [0.1, 0.15) is 5.75 Å². The molecule has 150 valence electrons. The molecule has 0 bridgehead atoms. The molecule has 0 atom stereocenters. The molecule has 7 heteroatoms. The lowest BCUT2D eigenvalue weighted by atomic mass is 10.1. The molecule has 2 N–H and O–H groups in total. The molecule has 5 nitrogen and oxygen atoms in total. The van der Waals surface area contributed by atoms with Gasteiger partial charge in [0, 0.05) is 36.1 Å². The van der Waals surface area contributed by atoms with Gasteiger partial charge in [-0.1, -0.05) is 19.1 Å². The van der Waals surface area contributed by atoms with Gasteiger partial charge in [-0.2, -0.15) is 0 Å². The van der Waals surface area contributed by atoms with Crippen molar-refractivity contribution in [2.75, 3.05) is 19.7 Å². The van der Waals surface area contributed by atoms with Crippen molar-refractivity contribution in [2.45, 2.75) is 47.1 Å². The third kappa shape index (κ3) is 8.47. The fourth-order valence-corrected chi connectivity index (χ4v) is 3.24. The van der Waals surface area contributed by atoms with Crippen LogP contribution in [-0.4, -0.2) is 30.6 Å². The number of benzene rings is 1. The lowest BCUT2D eigenvalue weighted by molar-refractivity contribution is 0.314. The van der Waals surface area contributed by atoms with E-state index in [1.807, 2.05) is 6.20 Å². The van der Waals surface area contributed by atoms with Crippen molar-refractivity contribution in [3.8, 4) is 5.75 Å². The molecule has 0 spiro atoms. The molecule has 0 aliphatic heterocycles. The molecule has 0 radical (unpaired) electrons. The van der Waals surface area contributed by atoms with Crippen LogP contribution in [0.5, 0.6) is 5.75 Å². The standard InChI is InChI=1S/C20H30N4OS.HI/c1-5-11-25-18-12-15(3)7-8-17(18)14-24-20(21-6-2)22-10-9-19-23-13-16(4)26-19;/h7-8,12-13H,5-6,9-11,14H2,1-4H3,(H2,21,22,24);1H. The highest BCUT2D eigenvalue weighted by Gasteiger charge is 2.05. The Balaban J connectivity index is 0.00000364. The fourth-order valence-electron chi connectivity index (χ4n) is 2.45. The van der Waals surface area contributed by atoms with Crippen LogP contribution in [0.2, 0.25) is 0 Å². The minimum atomic E-state index is 0. The highest BCUT2D eigenvalue weighted by molar-refractivity contribution is 14.0. The van der Waals surface area contributed by atoms with Crippen molar-refractivity contribution in [1.82, 2.24) is 15.6 Å². The highest BCUT2D eigenvalue weighted by Crippen LogP contribution is 2.21. The molecular weight excluding hydrogens is 471 g/mol. The summed E-state index contributed by atoms with van der Waals surface area (Å²) < 4.78 is 5.88. The van der Waals surface area contributed by atoms with Gasteiger partial charge in [-0.3, -0.25) is 0 Å². The largest absolute Gasteiger partial charge is 0.493 e. The first kappa shape index (κ1) is 23.7. The van der Waals surface area contributed by atoms with Gasteiger partial charge in [-0.05, 0) is 38.8 Å². The summed E-state index contributed by atoms with van der Waals surface area (Å²) in [5.41, 5.74) is 2.31. The van der Waals surface area contributed by atoms with Crippen molar-refractivity contribution in [3.05, 3.63) is 45.4 Å². The zero-order valence-corrected chi connectivity index (χ0v) is 19.8. The average molecular weight is 502 g/mol. The van der Waals surface area contributed by atoms with E-state index in [-0.39, 0.29) is 24.0 Å². The van der Waals surface area contributed by atoms with Crippen molar-refractivity contribution in [1.29, 1.82) is 0 Å². The zero-order chi connectivity index (χ0) is 18.8. The number of guanidine groups is 1. The van der Waals surface area contributed by atoms with Crippen LogP contribution in [0.3, 0.4) is 0 Å². The second-order valence-electron chi connectivity index (χ2n) is 6.20. The molecular formula is C20H31IN4OS. The predicted octanol–water partition coefficient (Wildman–Crippen LogP) is 4.46. The maximum absolute atomic E-state index is 5.88. The molecule has 1 heterocycles. The van der Waals surface area contributed by atoms with E-state index < -0.39 is 0 Å². The number of rotatable bonds is 9. The number of thiazole rings is 1. The molecule has 0 fully saturated rings. The lowest BCUT2D eigenvalue weighted by Crippen LogP contribution is -2.38. The van der Waals surface area contributed by atoms with E-state index in [1.165, 1.54) is 10.4 Å². The van der Waals surface area contributed by atoms with E-state index >= 15 is 0 Å². The normalized spacial score (nSPS) is 11.0. The van der Waals surface area contributed by atoms with Gasteiger partial charge in [-0.25, -0.2) is 9.98 Å².